The summed E-state index contributed by atoms with van der Waals surface area (Å²) < 4.78 is 38.7. The molecular formula is C17H25NO4S. The highest BCUT2D eigenvalue weighted by molar-refractivity contribution is 7.89. The van der Waals surface area contributed by atoms with Crippen LogP contribution in [0.25, 0.3) is 0 Å². The molecule has 1 aliphatic heterocycles. The average Bonchev–Trinajstić information content (AvgIpc) is 2.54. The highest BCUT2D eigenvalue weighted by Crippen LogP contribution is 2.33. The molecule has 128 valence electrons. The second-order valence-electron chi connectivity index (χ2n) is 6.53. The molecule has 1 heterocycles. The molecule has 23 heavy (non-hydrogen) atoms. The highest BCUT2D eigenvalue weighted by atomic mass is 32.2. The fourth-order valence-corrected chi connectivity index (χ4v) is 5.10. The predicted molar refractivity (Wildman–Crippen MR) is 89.3 cm³/mol. The van der Waals surface area contributed by atoms with E-state index in [0.29, 0.717) is 24.9 Å². The van der Waals surface area contributed by atoms with Crippen LogP contribution in [0.4, 0.5) is 0 Å². The topological polar surface area (TPSA) is 64.6 Å². The van der Waals surface area contributed by atoms with Crippen LogP contribution < -0.4 is 14.2 Å². The predicted octanol–water partition coefficient (Wildman–Crippen LogP) is 3.02. The Labute approximate surface area is 138 Å². The average molecular weight is 339 g/mol. The molecule has 0 bridgehead atoms. The molecule has 1 fully saturated rings. The number of ether oxygens (including phenoxy) is 2. The lowest BCUT2D eigenvalue weighted by atomic mass is 9.91. The van der Waals surface area contributed by atoms with Crippen molar-refractivity contribution in [3.05, 3.63) is 23.8 Å². The second-order valence-corrected chi connectivity index (χ2v) is 8.33. The minimum Gasteiger partial charge on any atom is -0.486 e. The molecule has 0 amide bonds. The quantitative estimate of drug-likeness (QED) is 0.895. The zero-order valence-electron chi connectivity index (χ0n) is 13.6. The Morgan fingerprint density at radius 2 is 1.83 bits per heavy atom. The van der Waals surface area contributed by atoms with Gasteiger partial charge in [0.05, 0.1) is 5.75 Å². The Morgan fingerprint density at radius 3 is 2.57 bits per heavy atom. The number of sulfonamides is 1. The van der Waals surface area contributed by atoms with Crippen molar-refractivity contribution in [3.8, 4) is 11.5 Å². The summed E-state index contributed by atoms with van der Waals surface area (Å²) in [6.45, 7) is 2.94. The van der Waals surface area contributed by atoms with Crippen molar-refractivity contribution in [1.82, 2.24) is 4.72 Å². The molecule has 0 unspecified atom stereocenters. The maximum atomic E-state index is 12.4. The monoisotopic (exact) mass is 339 g/mol. The number of benzene rings is 1. The van der Waals surface area contributed by atoms with Crippen LogP contribution >= 0.6 is 0 Å². The Kier molecular flexibility index (Phi) is 5.11. The molecule has 1 atom stereocenters. The first-order valence-electron chi connectivity index (χ1n) is 8.43. The van der Waals surface area contributed by atoms with Gasteiger partial charge in [-0.15, -0.1) is 0 Å². The van der Waals surface area contributed by atoms with E-state index < -0.39 is 10.0 Å². The number of hydrogen-bond donors (Lipinski definition) is 1. The van der Waals surface area contributed by atoms with Gasteiger partial charge < -0.3 is 9.47 Å². The first-order valence-corrected chi connectivity index (χ1v) is 10.1. The van der Waals surface area contributed by atoms with Crippen LogP contribution in [0.2, 0.25) is 0 Å². The zero-order chi connectivity index (χ0) is 16.3. The van der Waals surface area contributed by atoms with Gasteiger partial charge in [-0.05, 0) is 43.4 Å². The number of rotatable bonds is 5. The fourth-order valence-electron chi connectivity index (χ4n) is 3.38. The normalized spacial score (nSPS) is 20.2. The van der Waals surface area contributed by atoms with Crippen LogP contribution in [-0.2, 0) is 10.0 Å². The smallest absolute Gasteiger partial charge is 0.212 e. The summed E-state index contributed by atoms with van der Waals surface area (Å²) >= 11 is 0. The van der Waals surface area contributed by atoms with Gasteiger partial charge in [-0.3, -0.25) is 0 Å². The highest BCUT2D eigenvalue weighted by Gasteiger charge is 2.24. The van der Waals surface area contributed by atoms with E-state index in [9.17, 15) is 8.42 Å². The lowest BCUT2D eigenvalue weighted by molar-refractivity contribution is 0.171. The van der Waals surface area contributed by atoms with E-state index in [0.717, 1.165) is 37.0 Å². The van der Waals surface area contributed by atoms with Crippen LogP contribution in [-0.4, -0.2) is 27.4 Å². The third kappa shape index (κ3) is 4.38. The van der Waals surface area contributed by atoms with Gasteiger partial charge in [0.15, 0.2) is 11.5 Å². The lowest BCUT2D eigenvalue weighted by Gasteiger charge is -2.23. The molecule has 1 N–H and O–H groups in total. The summed E-state index contributed by atoms with van der Waals surface area (Å²) in [5.74, 6) is 1.94. The molecule has 1 aliphatic carbocycles. The third-order valence-electron chi connectivity index (χ3n) is 4.60. The van der Waals surface area contributed by atoms with Crippen molar-refractivity contribution < 1.29 is 17.9 Å². The van der Waals surface area contributed by atoms with Crippen LogP contribution in [0.5, 0.6) is 11.5 Å². The van der Waals surface area contributed by atoms with E-state index in [-0.39, 0.29) is 11.8 Å². The first-order chi connectivity index (χ1) is 11.0. The van der Waals surface area contributed by atoms with Crippen molar-refractivity contribution in [3.63, 3.8) is 0 Å². The van der Waals surface area contributed by atoms with Crippen LogP contribution in [0, 0.1) is 5.92 Å². The summed E-state index contributed by atoms with van der Waals surface area (Å²) in [5, 5.41) is 0. The van der Waals surface area contributed by atoms with Crippen molar-refractivity contribution in [1.29, 1.82) is 0 Å². The van der Waals surface area contributed by atoms with Gasteiger partial charge >= 0.3 is 0 Å². The van der Waals surface area contributed by atoms with Crippen molar-refractivity contribution in [2.24, 2.45) is 5.92 Å². The van der Waals surface area contributed by atoms with Gasteiger partial charge in [-0.2, -0.15) is 0 Å². The van der Waals surface area contributed by atoms with Gasteiger partial charge in [-0.1, -0.05) is 25.3 Å². The van der Waals surface area contributed by atoms with Crippen LogP contribution in [0.1, 0.15) is 50.6 Å². The second kappa shape index (κ2) is 7.09. The van der Waals surface area contributed by atoms with Crippen LogP contribution in [0.15, 0.2) is 18.2 Å². The Bertz CT molecular complexity index is 638. The van der Waals surface area contributed by atoms with Crippen molar-refractivity contribution in [2.45, 2.75) is 45.1 Å². The standard InChI is InChI=1S/C17H25NO4S/c1-13(15-7-8-16-17(11-15)22-10-9-21-16)18-23(19,20)12-14-5-3-2-4-6-14/h7-8,11,13-14,18H,2-6,9-10,12H2,1H3/t13-/m1/s1. The molecule has 0 radical (unpaired) electrons. The first kappa shape index (κ1) is 16.6. The van der Waals surface area contributed by atoms with Gasteiger partial charge in [0.1, 0.15) is 13.2 Å². The molecule has 3 rings (SSSR count). The van der Waals surface area contributed by atoms with E-state index >= 15 is 0 Å². The summed E-state index contributed by atoms with van der Waals surface area (Å²) in [7, 11) is -3.27. The Balaban J connectivity index is 1.64. The van der Waals surface area contributed by atoms with Crippen molar-refractivity contribution in [2.75, 3.05) is 19.0 Å². The minimum atomic E-state index is -3.27. The summed E-state index contributed by atoms with van der Waals surface area (Å²) in [6.07, 6.45) is 5.59. The third-order valence-corrected chi connectivity index (χ3v) is 6.23. The Morgan fingerprint density at radius 1 is 1.13 bits per heavy atom. The maximum Gasteiger partial charge on any atom is 0.212 e. The summed E-state index contributed by atoms with van der Waals surface area (Å²) in [4.78, 5) is 0. The molecule has 1 aromatic carbocycles. The maximum absolute atomic E-state index is 12.4. The number of fused-ring (bicyclic) bond motifs is 1. The SMILES string of the molecule is C[C@@H](NS(=O)(=O)CC1CCCCC1)c1ccc2c(c1)OCCO2. The van der Waals surface area contributed by atoms with E-state index in [1.165, 1.54) is 6.42 Å². The molecule has 1 saturated carbocycles. The zero-order valence-corrected chi connectivity index (χ0v) is 14.4. The summed E-state index contributed by atoms with van der Waals surface area (Å²) in [6, 6.07) is 5.32. The van der Waals surface area contributed by atoms with E-state index in [2.05, 4.69) is 4.72 Å². The van der Waals surface area contributed by atoms with Crippen molar-refractivity contribution >= 4 is 10.0 Å². The van der Waals surface area contributed by atoms with E-state index in [1.54, 1.807) is 0 Å². The molecular weight excluding hydrogens is 314 g/mol. The van der Waals surface area contributed by atoms with Crippen LogP contribution in [0.3, 0.4) is 0 Å². The van der Waals surface area contributed by atoms with E-state index in [1.807, 2.05) is 25.1 Å². The van der Waals surface area contributed by atoms with Gasteiger partial charge in [0.2, 0.25) is 10.0 Å². The molecule has 2 aliphatic rings. The molecule has 0 saturated heterocycles. The van der Waals surface area contributed by atoms with Gasteiger partial charge in [0.25, 0.3) is 0 Å². The largest absolute Gasteiger partial charge is 0.486 e. The number of nitrogens with one attached hydrogen (secondary N) is 1. The Hall–Kier alpha value is -1.27. The number of hydrogen-bond acceptors (Lipinski definition) is 4. The lowest BCUT2D eigenvalue weighted by Crippen LogP contribution is -2.32. The molecule has 0 spiro atoms. The fraction of sp³-hybridized carbons (Fsp3) is 0.647. The minimum absolute atomic E-state index is 0.238. The molecule has 6 heteroatoms. The van der Waals surface area contributed by atoms with Gasteiger partial charge in [0, 0.05) is 6.04 Å². The molecule has 0 aromatic heterocycles. The van der Waals surface area contributed by atoms with Gasteiger partial charge in [-0.25, -0.2) is 13.1 Å². The molecule has 1 aromatic rings. The molecule has 5 nitrogen and oxygen atoms in total. The summed E-state index contributed by atoms with van der Waals surface area (Å²) in [5.41, 5.74) is 0.890. The van der Waals surface area contributed by atoms with E-state index in [4.69, 9.17) is 9.47 Å².